The molecule has 0 aromatic heterocycles. The second kappa shape index (κ2) is 7.48. The Hall–Kier alpha value is -0.770. The topological polar surface area (TPSA) is 35.5 Å². The second-order valence-corrected chi connectivity index (χ2v) is 6.94. The van der Waals surface area contributed by atoms with Gasteiger partial charge in [-0.25, -0.2) is 0 Å². The SMILES string of the molecule is CC(C)CNCc1ccc(N2CCC(C(C)O)C2)cc1Cl. The van der Waals surface area contributed by atoms with E-state index in [1.807, 2.05) is 6.92 Å². The molecule has 2 N–H and O–H groups in total. The molecule has 2 unspecified atom stereocenters. The summed E-state index contributed by atoms with van der Waals surface area (Å²) in [6.07, 6.45) is 0.817. The van der Waals surface area contributed by atoms with Crippen LogP contribution in [0.5, 0.6) is 0 Å². The number of hydrogen-bond acceptors (Lipinski definition) is 3. The van der Waals surface area contributed by atoms with Crippen LogP contribution in [0, 0.1) is 11.8 Å². The number of aliphatic hydroxyl groups is 1. The third-order valence-electron chi connectivity index (χ3n) is 4.18. The maximum atomic E-state index is 9.70. The minimum absolute atomic E-state index is 0.232. The highest BCUT2D eigenvalue weighted by Gasteiger charge is 2.26. The van der Waals surface area contributed by atoms with E-state index >= 15 is 0 Å². The van der Waals surface area contributed by atoms with Crippen LogP contribution in [0.4, 0.5) is 5.69 Å². The molecule has 21 heavy (non-hydrogen) atoms. The minimum atomic E-state index is -0.232. The van der Waals surface area contributed by atoms with Crippen molar-refractivity contribution in [2.75, 3.05) is 24.5 Å². The van der Waals surface area contributed by atoms with Gasteiger partial charge in [-0.15, -0.1) is 0 Å². The van der Waals surface area contributed by atoms with E-state index in [9.17, 15) is 5.11 Å². The zero-order chi connectivity index (χ0) is 15.4. The fourth-order valence-corrected chi connectivity index (χ4v) is 3.03. The molecule has 1 aromatic carbocycles. The maximum absolute atomic E-state index is 9.70. The lowest BCUT2D eigenvalue weighted by atomic mass is 10.0. The predicted octanol–water partition coefficient (Wildman–Crippen LogP) is 3.29. The summed E-state index contributed by atoms with van der Waals surface area (Å²) in [4.78, 5) is 2.31. The van der Waals surface area contributed by atoms with Crippen LogP contribution in [0.2, 0.25) is 5.02 Å². The molecule has 1 heterocycles. The largest absolute Gasteiger partial charge is 0.393 e. The first-order valence-corrected chi connectivity index (χ1v) is 8.27. The summed E-state index contributed by atoms with van der Waals surface area (Å²) < 4.78 is 0. The average Bonchev–Trinajstić information content (AvgIpc) is 2.90. The van der Waals surface area contributed by atoms with Gasteiger partial charge in [0.05, 0.1) is 6.10 Å². The van der Waals surface area contributed by atoms with Crippen LogP contribution in [0.15, 0.2) is 18.2 Å². The van der Waals surface area contributed by atoms with Gasteiger partial charge in [-0.2, -0.15) is 0 Å². The Morgan fingerprint density at radius 2 is 2.14 bits per heavy atom. The first-order valence-electron chi connectivity index (χ1n) is 7.89. The second-order valence-electron chi connectivity index (χ2n) is 6.54. The first-order chi connectivity index (χ1) is 9.97. The molecule has 118 valence electrons. The Morgan fingerprint density at radius 3 is 2.71 bits per heavy atom. The first kappa shape index (κ1) is 16.6. The van der Waals surface area contributed by atoms with E-state index < -0.39 is 0 Å². The summed E-state index contributed by atoms with van der Waals surface area (Å²) in [7, 11) is 0. The fourth-order valence-electron chi connectivity index (χ4n) is 2.79. The number of rotatable bonds is 6. The Morgan fingerprint density at radius 1 is 1.38 bits per heavy atom. The smallest absolute Gasteiger partial charge is 0.0557 e. The molecule has 4 heteroatoms. The summed E-state index contributed by atoms with van der Waals surface area (Å²) in [6, 6.07) is 6.31. The van der Waals surface area contributed by atoms with E-state index in [0.29, 0.717) is 11.8 Å². The van der Waals surface area contributed by atoms with Crippen molar-refractivity contribution in [2.45, 2.75) is 39.8 Å². The van der Waals surface area contributed by atoms with Crippen molar-refractivity contribution in [1.82, 2.24) is 5.32 Å². The van der Waals surface area contributed by atoms with Crippen LogP contribution in [0.1, 0.15) is 32.8 Å². The molecule has 1 aliphatic rings. The Bertz CT molecular complexity index is 462. The third kappa shape index (κ3) is 4.60. The van der Waals surface area contributed by atoms with E-state index in [1.54, 1.807) is 0 Å². The third-order valence-corrected chi connectivity index (χ3v) is 4.53. The highest BCUT2D eigenvalue weighted by Crippen LogP contribution is 2.29. The summed E-state index contributed by atoms with van der Waals surface area (Å²) in [6.45, 7) is 10.0. The van der Waals surface area contributed by atoms with Gasteiger partial charge in [-0.05, 0) is 43.5 Å². The zero-order valence-corrected chi connectivity index (χ0v) is 14.0. The summed E-state index contributed by atoms with van der Waals surface area (Å²) >= 11 is 6.41. The molecule has 2 rings (SSSR count). The van der Waals surface area contributed by atoms with Gasteiger partial charge in [0.15, 0.2) is 0 Å². The summed E-state index contributed by atoms with van der Waals surface area (Å²) in [5.74, 6) is 1.02. The van der Waals surface area contributed by atoms with Crippen molar-refractivity contribution in [3.05, 3.63) is 28.8 Å². The molecule has 3 nitrogen and oxygen atoms in total. The Kier molecular flexibility index (Phi) is 5.91. The van der Waals surface area contributed by atoms with Gasteiger partial charge in [0, 0.05) is 36.3 Å². The van der Waals surface area contributed by atoms with E-state index in [0.717, 1.165) is 48.9 Å². The fraction of sp³-hybridized carbons (Fsp3) is 0.647. The number of nitrogens with zero attached hydrogens (tertiary/aromatic N) is 1. The summed E-state index contributed by atoms with van der Waals surface area (Å²) in [5, 5.41) is 13.9. The van der Waals surface area contributed by atoms with Gasteiger partial charge < -0.3 is 15.3 Å². The normalized spacial score (nSPS) is 20.3. The number of anilines is 1. The molecule has 2 atom stereocenters. The lowest BCUT2D eigenvalue weighted by Crippen LogP contribution is -2.24. The molecule has 0 spiro atoms. The van der Waals surface area contributed by atoms with Crippen molar-refractivity contribution in [3.63, 3.8) is 0 Å². The van der Waals surface area contributed by atoms with E-state index in [-0.39, 0.29) is 6.10 Å². The highest BCUT2D eigenvalue weighted by atomic mass is 35.5. The molecule has 0 bridgehead atoms. The number of hydrogen-bond donors (Lipinski definition) is 2. The standard InChI is InChI=1S/C17H27ClN2O/c1-12(2)9-19-10-14-4-5-16(8-17(14)18)20-7-6-15(11-20)13(3)21/h4-5,8,12-13,15,19,21H,6-7,9-11H2,1-3H3. The summed E-state index contributed by atoms with van der Waals surface area (Å²) in [5.41, 5.74) is 2.31. The Balaban J connectivity index is 1.96. The van der Waals surface area contributed by atoms with Gasteiger partial charge in [0.25, 0.3) is 0 Å². The van der Waals surface area contributed by atoms with Gasteiger partial charge in [-0.1, -0.05) is 31.5 Å². The molecule has 0 saturated carbocycles. The molecular formula is C17H27ClN2O. The van der Waals surface area contributed by atoms with E-state index in [4.69, 9.17) is 11.6 Å². The zero-order valence-electron chi connectivity index (χ0n) is 13.3. The molecule has 1 saturated heterocycles. The number of benzene rings is 1. The number of halogens is 1. The molecule has 1 fully saturated rings. The molecule has 0 radical (unpaired) electrons. The predicted molar refractivity (Wildman–Crippen MR) is 90.0 cm³/mol. The lowest BCUT2D eigenvalue weighted by molar-refractivity contribution is 0.136. The minimum Gasteiger partial charge on any atom is -0.393 e. The van der Waals surface area contributed by atoms with Crippen molar-refractivity contribution in [1.29, 1.82) is 0 Å². The van der Waals surface area contributed by atoms with Gasteiger partial charge in [0.1, 0.15) is 0 Å². The van der Waals surface area contributed by atoms with Crippen LogP contribution in [0.25, 0.3) is 0 Å². The van der Waals surface area contributed by atoms with Crippen LogP contribution in [-0.2, 0) is 6.54 Å². The highest BCUT2D eigenvalue weighted by molar-refractivity contribution is 6.31. The van der Waals surface area contributed by atoms with Gasteiger partial charge >= 0.3 is 0 Å². The van der Waals surface area contributed by atoms with Crippen LogP contribution >= 0.6 is 11.6 Å². The Labute approximate surface area is 133 Å². The molecule has 1 aromatic rings. The lowest BCUT2D eigenvalue weighted by Gasteiger charge is -2.20. The molecule has 0 amide bonds. The number of nitrogens with one attached hydrogen (secondary N) is 1. The van der Waals surface area contributed by atoms with Crippen LogP contribution in [-0.4, -0.2) is 30.8 Å². The number of aliphatic hydroxyl groups excluding tert-OH is 1. The van der Waals surface area contributed by atoms with Gasteiger partial charge in [0.2, 0.25) is 0 Å². The monoisotopic (exact) mass is 310 g/mol. The van der Waals surface area contributed by atoms with Crippen molar-refractivity contribution >= 4 is 17.3 Å². The van der Waals surface area contributed by atoms with Crippen molar-refractivity contribution in [3.8, 4) is 0 Å². The molecular weight excluding hydrogens is 284 g/mol. The van der Waals surface area contributed by atoms with E-state index in [1.165, 1.54) is 0 Å². The maximum Gasteiger partial charge on any atom is 0.0557 e. The van der Waals surface area contributed by atoms with Crippen LogP contribution < -0.4 is 10.2 Å². The van der Waals surface area contributed by atoms with Crippen molar-refractivity contribution < 1.29 is 5.11 Å². The quantitative estimate of drug-likeness (QED) is 0.846. The average molecular weight is 311 g/mol. The molecule has 1 aliphatic heterocycles. The van der Waals surface area contributed by atoms with E-state index in [2.05, 4.69) is 42.3 Å². The molecule has 0 aliphatic carbocycles. The van der Waals surface area contributed by atoms with Gasteiger partial charge in [-0.3, -0.25) is 0 Å². The van der Waals surface area contributed by atoms with Crippen molar-refractivity contribution in [2.24, 2.45) is 11.8 Å². The van der Waals surface area contributed by atoms with Crippen LogP contribution in [0.3, 0.4) is 0 Å².